The average Bonchev–Trinajstić information content (AvgIpc) is 2.78. The molecule has 0 aliphatic heterocycles. The molecule has 0 amide bonds. The monoisotopic (exact) mass is 195 g/mol. The van der Waals surface area contributed by atoms with E-state index in [2.05, 4.69) is 9.97 Å². The van der Waals surface area contributed by atoms with Crippen molar-refractivity contribution in [2.45, 2.75) is 0 Å². The molecular formula is C12H9N3. The van der Waals surface area contributed by atoms with E-state index in [0.717, 1.165) is 16.9 Å². The van der Waals surface area contributed by atoms with Crippen molar-refractivity contribution in [2.75, 3.05) is 0 Å². The first-order valence-electron chi connectivity index (χ1n) is 4.78. The minimum absolute atomic E-state index is 0.892. The second kappa shape index (κ2) is 3.20. The van der Waals surface area contributed by atoms with E-state index >= 15 is 0 Å². The zero-order valence-electron chi connectivity index (χ0n) is 8.04. The third-order valence-electron chi connectivity index (χ3n) is 2.36. The first kappa shape index (κ1) is 8.17. The van der Waals surface area contributed by atoms with E-state index in [-0.39, 0.29) is 0 Å². The predicted molar refractivity (Wildman–Crippen MR) is 58.4 cm³/mol. The van der Waals surface area contributed by atoms with E-state index in [4.69, 9.17) is 0 Å². The molecular weight excluding hydrogens is 186 g/mol. The van der Waals surface area contributed by atoms with Gasteiger partial charge in [-0.15, -0.1) is 0 Å². The maximum Gasteiger partial charge on any atom is 0.163 e. The summed E-state index contributed by atoms with van der Waals surface area (Å²) in [7, 11) is 0. The van der Waals surface area contributed by atoms with Gasteiger partial charge in [0.1, 0.15) is 5.69 Å². The van der Waals surface area contributed by atoms with Crippen molar-refractivity contribution in [3.8, 4) is 11.3 Å². The van der Waals surface area contributed by atoms with E-state index < -0.39 is 0 Å². The SMILES string of the molecule is c1ccc(-c2nccn3ccnc23)cc1. The molecule has 0 aliphatic carbocycles. The van der Waals surface area contributed by atoms with E-state index in [9.17, 15) is 0 Å². The Balaban J connectivity index is 2.31. The Morgan fingerprint density at radius 1 is 0.867 bits per heavy atom. The number of nitrogens with zero attached hydrogens (tertiary/aromatic N) is 3. The smallest absolute Gasteiger partial charge is 0.163 e. The molecule has 0 atom stereocenters. The molecule has 3 nitrogen and oxygen atoms in total. The molecule has 72 valence electrons. The van der Waals surface area contributed by atoms with Crippen LogP contribution in [0.1, 0.15) is 0 Å². The highest BCUT2D eigenvalue weighted by Crippen LogP contribution is 2.19. The summed E-state index contributed by atoms with van der Waals surface area (Å²) in [5, 5.41) is 0. The summed E-state index contributed by atoms with van der Waals surface area (Å²) in [6.45, 7) is 0. The first-order valence-corrected chi connectivity index (χ1v) is 4.78. The standard InChI is InChI=1S/C12H9N3/c1-2-4-10(5-3-1)11-12-14-7-9-15(12)8-6-13-11/h1-9H. The van der Waals surface area contributed by atoms with Crippen LogP contribution in [0.3, 0.4) is 0 Å². The van der Waals surface area contributed by atoms with Crippen molar-refractivity contribution >= 4 is 5.65 Å². The average molecular weight is 195 g/mol. The van der Waals surface area contributed by atoms with Gasteiger partial charge in [0.25, 0.3) is 0 Å². The number of rotatable bonds is 1. The molecule has 2 heterocycles. The van der Waals surface area contributed by atoms with Crippen LogP contribution in [0.5, 0.6) is 0 Å². The van der Waals surface area contributed by atoms with Gasteiger partial charge in [-0.05, 0) is 0 Å². The topological polar surface area (TPSA) is 30.2 Å². The summed E-state index contributed by atoms with van der Waals surface area (Å²) in [6.07, 6.45) is 7.39. The maximum atomic E-state index is 4.37. The van der Waals surface area contributed by atoms with Crippen molar-refractivity contribution in [3.63, 3.8) is 0 Å². The zero-order chi connectivity index (χ0) is 10.1. The van der Waals surface area contributed by atoms with Gasteiger partial charge in [-0.2, -0.15) is 0 Å². The van der Waals surface area contributed by atoms with Gasteiger partial charge in [0, 0.05) is 30.4 Å². The zero-order valence-corrected chi connectivity index (χ0v) is 8.04. The maximum absolute atomic E-state index is 4.37. The highest BCUT2D eigenvalue weighted by molar-refractivity contribution is 5.73. The Morgan fingerprint density at radius 2 is 1.60 bits per heavy atom. The van der Waals surface area contributed by atoms with E-state index in [1.54, 1.807) is 12.4 Å². The van der Waals surface area contributed by atoms with Crippen molar-refractivity contribution < 1.29 is 0 Å². The van der Waals surface area contributed by atoms with Gasteiger partial charge in [0.15, 0.2) is 5.65 Å². The van der Waals surface area contributed by atoms with Crippen molar-refractivity contribution in [1.82, 2.24) is 14.4 Å². The minimum atomic E-state index is 0.892. The Labute approximate surface area is 87.0 Å². The Bertz CT molecular complexity index is 584. The summed E-state index contributed by atoms with van der Waals surface area (Å²) in [5.74, 6) is 0. The van der Waals surface area contributed by atoms with Crippen LogP contribution in [-0.4, -0.2) is 14.4 Å². The van der Waals surface area contributed by atoms with Gasteiger partial charge in [0.05, 0.1) is 0 Å². The first-order chi connectivity index (χ1) is 7.45. The molecule has 0 radical (unpaired) electrons. The fourth-order valence-corrected chi connectivity index (χ4v) is 1.65. The van der Waals surface area contributed by atoms with Gasteiger partial charge in [-0.1, -0.05) is 30.3 Å². The van der Waals surface area contributed by atoms with Crippen LogP contribution in [0.25, 0.3) is 16.9 Å². The van der Waals surface area contributed by atoms with Gasteiger partial charge in [0.2, 0.25) is 0 Å². The molecule has 0 N–H and O–H groups in total. The summed E-state index contributed by atoms with van der Waals surface area (Å²) < 4.78 is 1.97. The second-order valence-electron chi connectivity index (χ2n) is 3.30. The molecule has 0 aliphatic rings. The van der Waals surface area contributed by atoms with Gasteiger partial charge in [-0.25, -0.2) is 4.98 Å². The molecule has 0 spiro atoms. The highest BCUT2D eigenvalue weighted by atomic mass is 15.0. The van der Waals surface area contributed by atoms with Crippen LogP contribution in [-0.2, 0) is 0 Å². The third-order valence-corrected chi connectivity index (χ3v) is 2.36. The van der Waals surface area contributed by atoms with Crippen LogP contribution in [0.4, 0.5) is 0 Å². The number of fused-ring (bicyclic) bond motifs is 1. The van der Waals surface area contributed by atoms with Gasteiger partial charge >= 0.3 is 0 Å². The molecule has 1 aromatic carbocycles. The number of hydrogen-bond acceptors (Lipinski definition) is 2. The number of hydrogen-bond donors (Lipinski definition) is 0. The summed E-state index contributed by atoms with van der Waals surface area (Å²) in [6, 6.07) is 10.1. The quantitative estimate of drug-likeness (QED) is 0.596. The third kappa shape index (κ3) is 1.29. The Morgan fingerprint density at radius 3 is 2.40 bits per heavy atom. The molecule has 2 aromatic heterocycles. The molecule has 15 heavy (non-hydrogen) atoms. The highest BCUT2D eigenvalue weighted by Gasteiger charge is 2.04. The summed E-state index contributed by atoms with van der Waals surface area (Å²) >= 11 is 0. The molecule has 0 saturated carbocycles. The fraction of sp³-hybridized carbons (Fsp3) is 0. The van der Waals surface area contributed by atoms with Crippen LogP contribution in [0, 0.1) is 0 Å². The van der Waals surface area contributed by atoms with E-state index in [1.165, 1.54) is 0 Å². The number of aromatic nitrogens is 3. The molecule has 0 bridgehead atoms. The van der Waals surface area contributed by atoms with Crippen LogP contribution >= 0.6 is 0 Å². The Hall–Kier alpha value is -2.16. The number of imidazole rings is 1. The van der Waals surface area contributed by atoms with Crippen molar-refractivity contribution in [2.24, 2.45) is 0 Å². The van der Waals surface area contributed by atoms with Crippen molar-refractivity contribution in [3.05, 3.63) is 55.1 Å². The molecule has 3 rings (SSSR count). The largest absolute Gasteiger partial charge is 0.304 e. The van der Waals surface area contributed by atoms with Crippen LogP contribution in [0.15, 0.2) is 55.1 Å². The predicted octanol–water partition coefficient (Wildman–Crippen LogP) is 2.40. The molecule has 3 heteroatoms. The van der Waals surface area contributed by atoms with E-state index in [0.29, 0.717) is 0 Å². The van der Waals surface area contributed by atoms with Crippen LogP contribution in [0.2, 0.25) is 0 Å². The normalized spacial score (nSPS) is 10.7. The van der Waals surface area contributed by atoms with Gasteiger partial charge < -0.3 is 4.40 Å². The number of benzene rings is 1. The molecule has 0 fully saturated rings. The molecule has 3 aromatic rings. The minimum Gasteiger partial charge on any atom is -0.304 e. The molecule has 0 unspecified atom stereocenters. The van der Waals surface area contributed by atoms with Crippen molar-refractivity contribution in [1.29, 1.82) is 0 Å². The lowest BCUT2D eigenvalue weighted by Crippen LogP contribution is -1.90. The lowest BCUT2D eigenvalue weighted by Gasteiger charge is -2.01. The summed E-state index contributed by atoms with van der Waals surface area (Å²) in [5.41, 5.74) is 2.90. The lowest BCUT2D eigenvalue weighted by molar-refractivity contribution is 1.13. The fourth-order valence-electron chi connectivity index (χ4n) is 1.65. The molecule has 0 saturated heterocycles. The van der Waals surface area contributed by atoms with Gasteiger partial charge in [-0.3, -0.25) is 4.98 Å². The van der Waals surface area contributed by atoms with E-state index in [1.807, 2.05) is 47.1 Å². The second-order valence-corrected chi connectivity index (χ2v) is 3.30. The lowest BCUT2D eigenvalue weighted by atomic mass is 10.1. The summed E-state index contributed by atoms with van der Waals surface area (Å²) in [4.78, 5) is 8.66. The van der Waals surface area contributed by atoms with Crippen LogP contribution < -0.4 is 0 Å². The Kier molecular flexibility index (Phi) is 1.75.